The zero-order chi connectivity index (χ0) is 14.7. The van der Waals surface area contributed by atoms with E-state index in [-0.39, 0.29) is 12.1 Å². The molecule has 3 heteroatoms. The highest BCUT2D eigenvalue weighted by molar-refractivity contribution is 6.30. The summed E-state index contributed by atoms with van der Waals surface area (Å²) >= 11 is 6.09. The summed E-state index contributed by atoms with van der Waals surface area (Å²) in [7, 11) is 0. The van der Waals surface area contributed by atoms with Gasteiger partial charge in [0, 0.05) is 11.1 Å². The minimum absolute atomic E-state index is 0.0407. The molecule has 1 aromatic rings. The average Bonchev–Trinajstić information content (AvgIpc) is 2.34. The second-order valence-electron chi connectivity index (χ2n) is 6.51. The minimum atomic E-state index is -0.0730. The summed E-state index contributed by atoms with van der Waals surface area (Å²) < 4.78 is 6.35. The van der Waals surface area contributed by atoms with Crippen molar-refractivity contribution in [1.29, 1.82) is 0 Å². The molecule has 1 fully saturated rings. The zero-order valence-corrected chi connectivity index (χ0v) is 13.4. The average molecular weight is 296 g/mol. The van der Waals surface area contributed by atoms with E-state index in [0.717, 1.165) is 35.3 Å². The topological polar surface area (TPSA) is 35.2 Å². The van der Waals surface area contributed by atoms with Gasteiger partial charge in [0.2, 0.25) is 0 Å². The lowest BCUT2D eigenvalue weighted by Crippen LogP contribution is -2.34. The Morgan fingerprint density at radius 1 is 1.20 bits per heavy atom. The molecule has 4 atom stereocenters. The van der Waals surface area contributed by atoms with Crippen molar-refractivity contribution in [2.75, 3.05) is 0 Å². The standard InChI is InChI=1S/C17H26ClNO/c1-11-7-12(2)9-16(8-11)20-17(13(3)19)14-5-4-6-15(18)10-14/h4-6,10-13,16-17H,7-9,19H2,1-3H3. The number of hydrogen-bond acceptors (Lipinski definition) is 2. The van der Waals surface area contributed by atoms with Gasteiger partial charge in [-0.2, -0.15) is 0 Å². The summed E-state index contributed by atoms with van der Waals surface area (Å²) in [6.07, 6.45) is 3.81. The Kier molecular flexibility index (Phi) is 5.48. The molecule has 4 unspecified atom stereocenters. The summed E-state index contributed by atoms with van der Waals surface area (Å²) in [6.45, 7) is 6.62. The predicted octanol–water partition coefficient (Wildman–Crippen LogP) is 4.57. The normalized spacial score (nSPS) is 29.9. The van der Waals surface area contributed by atoms with Crippen molar-refractivity contribution >= 4 is 11.6 Å². The molecule has 0 radical (unpaired) electrons. The predicted molar refractivity (Wildman–Crippen MR) is 84.9 cm³/mol. The summed E-state index contributed by atoms with van der Waals surface area (Å²) in [6, 6.07) is 7.82. The van der Waals surface area contributed by atoms with E-state index < -0.39 is 0 Å². The number of benzene rings is 1. The highest BCUT2D eigenvalue weighted by Crippen LogP contribution is 2.34. The Bertz CT molecular complexity index is 425. The van der Waals surface area contributed by atoms with E-state index in [1.807, 2.05) is 25.1 Å². The van der Waals surface area contributed by atoms with E-state index in [0.29, 0.717) is 6.10 Å². The first-order chi connectivity index (χ1) is 9.45. The largest absolute Gasteiger partial charge is 0.369 e. The van der Waals surface area contributed by atoms with Gasteiger partial charge >= 0.3 is 0 Å². The van der Waals surface area contributed by atoms with Crippen LogP contribution in [0.5, 0.6) is 0 Å². The Morgan fingerprint density at radius 2 is 1.85 bits per heavy atom. The van der Waals surface area contributed by atoms with Crippen LogP contribution in [0.25, 0.3) is 0 Å². The lowest BCUT2D eigenvalue weighted by Gasteiger charge is -2.35. The second-order valence-corrected chi connectivity index (χ2v) is 6.95. The summed E-state index contributed by atoms with van der Waals surface area (Å²) in [5, 5.41) is 0.738. The van der Waals surface area contributed by atoms with Crippen molar-refractivity contribution in [2.24, 2.45) is 17.6 Å². The number of nitrogens with two attached hydrogens (primary N) is 1. The van der Waals surface area contributed by atoms with Crippen molar-refractivity contribution in [1.82, 2.24) is 0 Å². The minimum Gasteiger partial charge on any atom is -0.369 e. The monoisotopic (exact) mass is 295 g/mol. The fourth-order valence-corrected chi connectivity index (χ4v) is 3.58. The maximum absolute atomic E-state index is 6.35. The smallest absolute Gasteiger partial charge is 0.0977 e. The summed E-state index contributed by atoms with van der Waals surface area (Å²) in [4.78, 5) is 0. The van der Waals surface area contributed by atoms with Crippen LogP contribution >= 0.6 is 11.6 Å². The van der Waals surface area contributed by atoms with Gasteiger partial charge in [-0.3, -0.25) is 0 Å². The molecule has 2 nitrogen and oxygen atoms in total. The number of halogens is 1. The van der Waals surface area contributed by atoms with E-state index >= 15 is 0 Å². The van der Waals surface area contributed by atoms with Crippen LogP contribution in [0.4, 0.5) is 0 Å². The number of ether oxygens (including phenoxy) is 1. The molecule has 0 aromatic heterocycles. The number of hydrogen-bond donors (Lipinski definition) is 1. The van der Waals surface area contributed by atoms with Gasteiger partial charge < -0.3 is 10.5 Å². The van der Waals surface area contributed by atoms with Crippen molar-refractivity contribution < 1.29 is 4.74 Å². The van der Waals surface area contributed by atoms with Gasteiger partial charge in [-0.05, 0) is 55.7 Å². The molecule has 0 bridgehead atoms. The van der Waals surface area contributed by atoms with Crippen LogP contribution in [0.2, 0.25) is 5.02 Å². The van der Waals surface area contributed by atoms with Gasteiger partial charge in [-0.25, -0.2) is 0 Å². The van der Waals surface area contributed by atoms with Crippen LogP contribution in [-0.4, -0.2) is 12.1 Å². The fourth-order valence-electron chi connectivity index (χ4n) is 3.38. The van der Waals surface area contributed by atoms with Crippen molar-refractivity contribution in [3.63, 3.8) is 0 Å². The lowest BCUT2D eigenvalue weighted by molar-refractivity contribution is -0.0585. The van der Waals surface area contributed by atoms with Crippen LogP contribution in [-0.2, 0) is 4.74 Å². The third-order valence-corrected chi connectivity index (χ3v) is 4.36. The van der Waals surface area contributed by atoms with Gasteiger partial charge in [0.25, 0.3) is 0 Å². The van der Waals surface area contributed by atoms with Crippen LogP contribution in [0.15, 0.2) is 24.3 Å². The van der Waals surface area contributed by atoms with E-state index in [1.54, 1.807) is 0 Å². The van der Waals surface area contributed by atoms with E-state index in [2.05, 4.69) is 19.9 Å². The van der Waals surface area contributed by atoms with Crippen LogP contribution in [0, 0.1) is 11.8 Å². The molecule has 1 aliphatic carbocycles. The molecule has 0 aliphatic heterocycles. The Labute approximate surface area is 127 Å². The highest BCUT2D eigenvalue weighted by atomic mass is 35.5. The third kappa shape index (κ3) is 4.21. The SMILES string of the molecule is CC1CC(C)CC(OC(c2cccc(Cl)c2)C(C)N)C1. The lowest BCUT2D eigenvalue weighted by atomic mass is 9.81. The number of rotatable bonds is 4. The van der Waals surface area contributed by atoms with Gasteiger partial charge in [0.1, 0.15) is 0 Å². The van der Waals surface area contributed by atoms with Crippen LogP contribution < -0.4 is 5.73 Å². The summed E-state index contributed by atoms with van der Waals surface area (Å²) in [5.74, 6) is 1.47. The molecule has 0 heterocycles. The quantitative estimate of drug-likeness (QED) is 0.883. The third-order valence-electron chi connectivity index (χ3n) is 4.13. The van der Waals surface area contributed by atoms with Gasteiger partial charge in [0.05, 0.1) is 12.2 Å². The molecule has 1 aromatic carbocycles. The zero-order valence-electron chi connectivity index (χ0n) is 12.7. The van der Waals surface area contributed by atoms with Gasteiger partial charge in [-0.15, -0.1) is 0 Å². The maximum atomic E-state index is 6.35. The molecule has 20 heavy (non-hydrogen) atoms. The Balaban J connectivity index is 2.10. The molecule has 1 saturated carbocycles. The van der Waals surface area contributed by atoms with Gasteiger partial charge in [-0.1, -0.05) is 37.6 Å². The molecule has 2 N–H and O–H groups in total. The molecular weight excluding hydrogens is 270 g/mol. The Morgan fingerprint density at radius 3 is 2.40 bits per heavy atom. The van der Waals surface area contributed by atoms with Crippen molar-refractivity contribution in [2.45, 2.75) is 58.3 Å². The second kappa shape index (κ2) is 6.93. The molecule has 112 valence electrons. The molecule has 0 saturated heterocycles. The van der Waals surface area contributed by atoms with Crippen LogP contribution in [0.3, 0.4) is 0 Å². The molecule has 0 amide bonds. The first-order valence-corrected chi connectivity index (χ1v) is 8.00. The van der Waals surface area contributed by atoms with Gasteiger partial charge in [0.15, 0.2) is 0 Å². The Hall–Kier alpha value is -0.570. The molecule has 0 spiro atoms. The summed E-state index contributed by atoms with van der Waals surface area (Å²) in [5.41, 5.74) is 7.22. The molecular formula is C17H26ClNO. The van der Waals surface area contributed by atoms with E-state index in [1.165, 1.54) is 6.42 Å². The molecule has 2 rings (SSSR count). The van der Waals surface area contributed by atoms with Crippen molar-refractivity contribution in [3.05, 3.63) is 34.9 Å². The first-order valence-electron chi connectivity index (χ1n) is 7.62. The van der Waals surface area contributed by atoms with E-state index in [4.69, 9.17) is 22.1 Å². The first kappa shape index (κ1) is 15.8. The van der Waals surface area contributed by atoms with E-state index in [9.17, 15) is 0 Å². The highest BCUT2D eigenvalue weighted by Gasteiger charge is 2.28. The fraction of sp³-hybridized carbons (Fsp3) is 0.647. The maximum Gasteiger partial charge on any atom is 0.0977 e. The van der Waals surface area contributed by atoms with Crippen LogP contribution in [0.1, 0.15) is 51.7 Å². The molecule has 1 aliphatic rings. The van der Waals surface area contributed by atoms with Crippen molar-refractivity contribution in [3.8, 4) is 0 Å².